The van der Waals surface area contributed by atoms with Crippen molar-refractivity contribution < 1.29 is 26.4 Å². The van der Waals surface area contributed by atoms with Gasteiger partial charge in [-0.3, -0.25) is 4.79 Å². The van der Waals surface area contributed by atoms with E-state index in [-0.39, 0.29) is 10.5 Å². The van der Waals surface area contributed by atoms with E-state index in [0.29, 0.717) is 36.8 Å². The van der Waals surface area contributed by atoms with Gasteiger partial charge in [0.1, 0.15) is 0 Å². The summed E-state index contributed by atoms with van der Waals surface area (Å²) in [4.78, 5) is 24.1. The summed E-state index contributed by atoms with van der Waals surface area (Å²) in [5, 5.41) is 5.81. The van der Waals surface area contributed by atoms with Gasteiger partial charge in [-0.1, -0.05) is 12.1 Å². The molecule has 12 heteroatoms. The first-order chi connectivity index (χ1) is 19.4. The highest BCUT2D eigenvalue weighted by Crippen LogP contribution is 2.31. The fourth-order valence-electron chi connectivity index (χ4n) is 4.56. The van der Waals surface area contributed by atoms with Crippen LogP contribution in [0.25, 0.3) is 0 Å². The van der Waals surface area contributed by atoms with E-state index in [4.69, 9.17) is 0 Å². The molecule has 0 saturated carbocycles. The number of nitrogens with one attached hydrogen (secondary N) is 2. The Morgan fingerprint density at radius 1 is 1.00 bits per heavy atom. The molecule has 0 radical (unpaired) electrons. The smallest absolute Gasteiger partial charge is 0.366 e. The van der Waals surface area contributed by atoms with Gasteiger partial charge in [-0.15, -0.1) is 0 Å². The fraction of sp³-hybridized carbons (Fsp3) is 0.207. The van der Waals surface area contributed by atoms with Gasteiger partial charge >= 0.3 is 6.18 Å². The lowest BCUT2D eigenvalue weighted by Gasteiger charge is -2.31. The lowest BCUT2D eigenvalue weighted by Crippen LogP contribution is -2.32. The van der Waals surface area contributed by atoms with Crippen molar-refractivity contribution in [1.29, 1.82) is 0 Å². The van der Waals surface area contributed by atoms with E-state index >= 15 is 0 Å². The van der Waals surface area contributed by atoms with Crippen LogP contribution in [0, 0.1) is 6.92 Å². The molecule has 0 fully saturated rings. The fourth-order valence-corrected chi connectivity index (χ4v) is 5.19. The number of nitrogens with zero attached hydrogens (tertiary/aromatic N) is 3. The van der Waals surface area contributed by atoms with Crippen molar-refractivity contribution in [3.8, 4) is 0 Å². The number of amides is 1. The summed E-state index contributed by atoms with van der Waals surface area (Å²) in [5.41, 5.74) is 3.85. The van der Waals surface area contributed by atoms with Crippen LogP contribution in [-0.4, -0.2) is 37.1 Å². The Hall–Kier alpha value is -4.45. The Kier molecular flexibility index (Phi) is 7.43. The predicted molar refractivity (Wildman–Crippen MR) is 150 cm³/mol. The number of alkyl halides is 3. The zero-order valence-corrected chi connectivity index (χ0v) is 23.0. The summed E-state index contributed by atoms with van der Waals surface area (Å²) < 4.78 is 62.6. The third-order valence-corrected chi connectivity index (χ3v) is 7.86. The monoisotopic (exact) mass is 581 g/mol. The predicted octanol–water partition coefficient (Wildman–Crippen LogP) is 5.77. The van der Waals surface area contributed by atoms with Crippen LogP contribution in [0.15, 0.2) is 77.8 Å². The van der Waals surface area contributed by atoms with Gasteiger partial charge in [0, 0.05) is 60.2 Å². The quantitative estimate of drug-likeness (QED) is 0.298. The summed E-state index contributed by atoms with van der Waals surface area (Å²) in [6.45, 7) is 3.13. The van der Waals surface area contributed by atoms with E-state index in [9.17, 15) is 26.4 Å². The van der Waals surface area contributed by atoms with Crippen LogP contribution in [0.2, 0.25) is 0 Å². The molecular formula is C29H26F3N5O3S. The Labute approximate surface area is 235 Å². The molecule has 0 unspecified atom stereocenters. The average molecular weight is 582 g/mol. The molecule has 8 nitrogen and oxygen atoms in total. The Morgan fingerprint density at radius 3 is 2.44 bits per heavy atom. The van der Waals surface area contributed by atoms with Gasteiger partial charge < -0.3 is 15.5 Å². The highest BCUT2D eigenvalue weighted by atomic mass is 32.2. The first-order valence-corrected chi connectivity index (χ1v) is 14.5. The summed E-state index contributed by atoms with van der Waals surface area (Å²) >= 11 is 0. The molecule has 0 aliphatic carbocycles. The topological polar surface area (TPSA) is 104 Å². The second kappa shape index (κ2) is 10.8. The largest absolute Gasteiger partial charge is 0.416 e. The minimum absolute atomic E-state index is 0.0817. The van der Waals surface area contributed by atoms with E-state index < -0.39 is 27.5 Å². The summed E-state index contributed by atoms with van der Waals surface area (Å²) in [6, 6.07) is 16.0. The third-order valence-electron chi connectivity index (χ3n) is 6.73. The van der Waals surface area contributed by atoms with E-state index in [2.05, 4.69) is 25.5 Å². The van der Waals surface area contributed by atoms with Crippen molar-refractivity contribution in [2.75, 3.05) is 28.3 Å². The van der Waals surface area contributed by atoms with Gasteiger partial charge in [0.05, 0.1) is 16.2 Å². The van der Waals surface area contributed by atoms with Crippen molar-refractivity contribution in [3.63, 3.8) is 0 Å². The Bertz CT molecular complexity index is 1720. The standard InChI is InChI=1S/C29H26F3N5O3S/c1-18-6-7-23(34-27(38)19-4-3-5-21(14-19)29(30,31)32)15-26(18)37-13-12-25-20(17-37)16-33-28(36-25)35-22-8-10-24(11-9-22)41(2,39)40/h3-11,14-16H,12-13,17H2,1-2H3,(H,34,38)(H,33,35,36). The van der Waals surface area contributed by atoms with E-state index in [1.807, 2.05) is 19.1 Å². The number of carbonyl (C=O) groups excluding carboxylic acids is 1. The van der Waals surface area contributed by atoms with Crippen LogP contribution in [-0.2, 0) is 29.0 Å². The van der Waals surface area contributed by atoms with Crippen molar-refractivity contribution in [2.24, 2.45) is 0 Å². The average Bonchev–Trinajstić information content (AvgIpc) is 2.93. The number of aryl methyl sites for hydroxylation is 1. The van der Waals surface area contributed by atoms with Crippen molar-refractivity contribution >= 4 is 38.8 Å². The summed E-state index contributed by atoms with van der Waals surface area (Å²) in [7, 11) is -3.29. The number of anilines is 4. The summed E-state index contributed by atoms with van der Waals surface area (Å²) in [6.07, 6.45) is -1.000. The molecule has 0 spiro atoms. The zero-order valence-electron chi connectivity index (χ0n) is 22.2. The number of sulfone groups is 1. The number of benzene rings is 3. The van der Waals surface area contributed by atoms with Crippen molar-refractivity contribution in [1.82, 2.24) is 9.97 Å². The summed E-state index contributed by atoms with van der Waals surface area (Å²) in [5.74, 6) is -0.228. The van der Waals surface area contributed by atoms with Crippen LogP contribution in [0.3, 0.4) is 0 Å². The number of aromatic nitrogens is 2. The molecule has 4 aromatic rings. The normalized spacial score (nSPS) is 13.4. The minimum Gasteiger partial charge on any atom is -0.366 e. The number of fused-ring (bicyclic) bond motifs is 1. The third kappa shape index (κ3) is 6.49. The number of halogens is 3. The highest BCUT2D eigenvalue weighted by molar-refractivity contribution is 7.90. The Balaban J connectivity index is 1.29. The maximum Gasteiger partial charge on any atom is 0.416 e. The molecular weight excluding hydrogens is 555 g/mol. The molecule has 41 heavy (non-hydrogen) atoms. The van der Waals surface area contributed by atoms with Gasteiger partial charge in [-0.05, 0) is 67.1 Å². The van der Waals surface area contributed by atoms with E-state index in [1.165, 1.54) is 24.3 Å². The van der Waals surface area contributed by atoms with Gasteiger partial charge in [0.15, 0.2) is 9.84 Å². The zero-order chi connectivity index (χ0) is 29.4. The van der Waals surface area contributed by atoms with Crippen LogP contribution in [0.5, 0.6) is 0 Å². The molecule has 1 aliphatic heterocycles. The second-order valence-electron chi connectivity index (χ2n) is 9.79. The number of hydrogen-bond donors (Lipinski definition) is 2. The van der Waals surface area contributed by atoms with Gasteiger partial charge in [-0.25, -0.2) is 18.4 Å². The molecule has 0 bridgehead atoms. The molecule has 2 heterocycles. The van der Waals surface area contributed by atoms with Crippen LogP contribution >= 0.6 is 0 Å². The lowest BCUT2D eigenvalue weighted by molar-refractivity contribution is -0.137. The number of hydrogen-bond acceptors (Lipinski definition) is 7. The maximum absolute atomic E-state index is 13.1. The molecule has 0 atom stereocenters. The van der Waals surface area contributed by atoms with Crippen LogP contribution in [0.1, 0.15) is 32.7 Å². The first kappa shape index (κ1) is 28.1. The minimum atomic E-state index is -4.54. The molecule has 1 aliphatic rings. The van der Waals surface area contributed by atoms with Gasteiger partial charge in [-0.2, -0.15) is 13.2 Å². The van der Waals surface area contributed by atoms with Gasteiger partial charge in [0.2, 0.25) is 5.95 Å². The Morgan fingerprint density at radius 2 is 1.73 bits per heavy atom. The molecule has 5 rings (SSSR count). The molecule has 1 amide bonds. The number of rotatable bonds is 6. The van der Waals surface area contributed by atoms with E-state index in [0.717, 1.165) is 40.9 Å². The highest BCUT2D eigenvalue weighted by Gasteiger charge is 2.31. The maximum atomic E-state index is 13.1. The second-order valence-corrected chi connectivity index (χ2v) is 11.8. The van der Waals surface area contributed by atoms with Gasteiger partial charge in [0.25, 0.3) is 5.91 Å². The SMILES string of the molecule is Cc1ccc(NC(=O)c2cccc(C(F)(F)F)c2)cc1N1CCc2nc(Nc3ccc(S(C)(=O)=O)cc3)ncc2C1. The van der Waals surface area contributed by atoms with Crippen LogP contribution in [0.4, 0.5) is 36.2 Å². The van der Waals surface area contributed by atoms with Crippen LogP contribution < -0.4 is 15.5 Å². The lowest BCUT2D eigenvalue weighted by atomic mass is 10.0. The molecule has 0 saturated heterocycles. The molecule has 2 N–H and O–H groups in total. The van der Waals surface area contributed by atoms with Crippen molar-refractivity contribution in [2.45, 2.75) is 31.0 Å². The first-order valence-electron chi connectivity index (χ1n) is 12.6. The van der Waals surface area contributed by atoms with E-state index in [1.54, 1.807) is 24.4 Å². The van der Waals surface area contributed by atoms with Crippen molar-refractivity contribution in [3.05, 3.63) is 101 Å². The molecule has 3 aromatic carbocycles. The number of carbonyl (C=O) groups is 1. The molecule has 1 aromatic heterocycles. The molecule has 212 valence electrons.